The van der Waals surface area contributed by atoms with E-state index in [4.69, 9.17) is 9.47 Å². The zero-order chi connectivity index (χ0) is 18.6. The predicted molar refractivity (Wildman–Crippen MR) is 87.7 cm³/mol. The fourth-order valence-corrected chi connectivity index (χ4v) is 4.03. The molecule has 138 valence electrons. The number of benzene rings is 1. The molecule has 0 amide bonds. The lowest BCUT2D eigenvalue weighted by molar-refractivity contribution is -0.149. The molecule has 1 aromatic rings. The summed E-state index contributed by atoms with van der Waals surface area (Å²) in [6, 6.07) is 4.26. The Hall–Kier alpha value is -1.97. The standard InChI is InChI=1S/C16H21NO7S/c1-11-4-5-13(16(19)24-12(2)15(18)22-3)10-14(11)25(20,21)17-6-8-23-9-7-17/h4-5,10,12H,6-9H2,1-3H3/t12-/m1/s1. The molecule has 0 bridgehead atoms. The molecule has 1 heterocycles. The van der Waals surface area contributed by atoms with Crippen molar-refractivity contribution >= 4 is 22.0 Å². The molecule has 25 heavy (non-hydrogen) atoms. The fourth-order valence-electron chi connectivity index (χ4n) is 2.37. The lowest BCUT2D eigenvalue weighted by Crippen LogP contribution is -2.40. The van der Waals surface area contributed by atoms with Crippen molar-refractivity contribution in [2.24, 2.45) is 0 Å². The smallest absolute Gasteiger partial charge is 0.346 e. The van der Waals surface area contributed by atoms with Crippen molar-refractivity contribution in [3.8, 4) is 0 Å². The molecule has 0 aromatic heterocycles. The number of morpholine rings is 1. The third kappa shape index (κ3) is 4.36. The monoisotopic (exact) mass is 371 g/mol. The second-order valence-electron chi connectivity index (χ2n) is 5.57. The summed E-state index contributed by atoms with van der Waals surface area (Å²) in [5.41, 5.74) is 0.567. The minimum absolute atomic E-state index is 0.0366. The Bertz CT molecular complexity index is 754. The Morgan fingerprint density at radius 1 is 1.24 bits per heavy atom. The van der Waals surface area contributed by atoms with E-state index in [2.05, 4.69) is 4.74 Å². The van der Waals surface area contributed by atoms with Crippen LogP contribution in [0.4, 0.5) is 0 Å². The van der Waals surface area contributed by atoms with E-state index in [1.54, 1.807) is 6.92 Å². The van der Waals surface area contributed by atoms with Crippen LogP contribution in [-0.4, -0.2) is 64.2 Å². The highest BCUT2D eigenvalue weighted by Crippen LogP contribution is 2.23. The van der Waals surface area contributed by atoms with Crippen molar-refractivity contribution in [3.05, 3.63) is 29.3 Å². The van der Waals surface area contributed by atoms with E-state index in [0.717, 1.165) is 0 Å². The minimum Gasteiger partial charge on any atom is -0.466 e. The fraction of sp³-hybridized carbons (Fsp3) is 0.500. The molecule has 1 aliphatic heterocycles. The number of hydrogen-bond acceptors (Lipinski definition) is 7. The summed E-state index contributed by atoms with van der Waals surface area (Å²) < 4.78 is 41.6. The van der Waals surface area contributed by atoms with Gasteiger partial charge in [0.05, 0.1) is 30.8 Å². The molecule has 8 nitrogen and oxygen atoms in total. The van der Waals surface area contributed by atoms with Gasteiger partial charge in [-0.2, -0.15) is 4.31 Å². The van der Waals surface area contributed by atoms with E-state index in [1.165, 1.54) is 36.5 Å². The van der Waals surface area contributed by atoms with E-state index in [-0.39, 0.29) is 23.5 Å². The van der Waals surface area contributed by atoms with Gasteiger partial charge in [0.15, 0.2) is 6.10 Å². The van der Waals surface area contributed by atoms with Gasteiger partial charge < -0.3 is 14.2 Å². The molecule has 1 aliphatic rings. The van der Waals surface area contributed by atoms with Gasteiger partial charge in [-0.1, -0.05) is 6.07 Å². The number of nitrogens with zero attached hydrogens (tertiary/aromatic N) is 1. The zero-order valence-corrected chi connectivity index (χ0v) is 15.2. The highest BCUT2D eigenvalue weighted by molar-refractivity contribution is 7.89. The Balaban J connectivity index is 2.28. The molecule has 0 N–H and O–H groups in total. The maximum absolute atomic E-state index is 12.8. The summed E-state index contributed by atoms with van der Waals surface area (Å²) in [6.45, 7) is 4.21. The van der Waals surface area contributed by atoms with Gasteiger partial charge in [0.2, 0.25) is 10.0 Å². The van der Waals surface area contributed by atoms with Crippen LogP contribution in [0.3, 0.4) is 0 Å². The lowest BCUT2D eigenvalue weighted by atomic mass is 10.1. The second-order valence-corrected chi connectivity index (χ2v) is 7.47. The van der Waals surface area contributed by atoms with E-state index >= 15 is 0 Å². The number of aryl methyl sites for hydroxylation is 1. The molecule has 0 aliphatic carbocycles. The third-order valence-corrected chi connectivity index (χ3v) is 5.87. The molecule has 0 spiro atoms. The first-order chi connectivity index (χ1) is 11.8. The Kier molecular flexibility index (Phi) is 6.15. The van der Waals surface area contributed by atoms with E-state index in [0.29, 0.717) is 18.8 Å². The Morgan fingerprint density at radius 3 is 2.48 bits per heavy atom. The summed E-state index contributed by atoms with van der Waals surface area (Å²) in [4.78, 5) is 23.6. The molecule has 0 saturated carbocycles. The van der Waals surface area contributed by atoms with Crippen LogP contribution in [0.1, 0.15) is 22.8 Å². The van der Waals surface area contributed by atoms with Crippen molar-refractivity contribution in [1.82, 2.24) is 4.31 Å². The first-order valence-corrected chi connectivity index (χ1v) is 9.18. The SMILES string of the molecule is COC(=O)[C@@H](C)OC(=O)c1ccc(C)c(S(=O)(=O)N2CCOCC2)c1. The average molecular weight is 371 g/mol. The van der Waals surface area contributed by atoms with Crippen LogP contribution in [0.15, 0.2) is 23.1 Å². The zero-order valence-electron chi connectivity index (χ0n) is 14.4. The number of ether oxygens (including phenoxy) is 3. The summed E-state index contributed by atoms with van der Waals surface area (Å²) in [6.07, 6.45) is -1.09. The molecule has 2 rings (SSSR count). The van der Waals surface area contributed by atoms with Crippen LogP contribution in [0.2, 0.25) is 0 Å². The van der Waals surface area contributed by atoms with Gasteiger partial charge in [0.25, 0.3) is 0 Å². The molecule has 9 heteroatoms. The maximum atomic E-state index is 12.8. The quantitative estimate of drug-likeness (QED) is 0.704. The van der Waals surface area contributed by atoms with Gasteiger partial charge in [-0.3, -0.25) is 0 Å². The van der Waals surface area contributed by atoms with E-state index in [1.807, 2.05) is 0 Å². The van der Waals surface area contributed by atoms with E-state index < -0.39 is 28.1 Å². The van der Waals surface area contributed by atoms with Gasteiger partial charge in [-0.15, -0.1) is 0 Å². The molecular weight excluding hydrogens is 350 g/mol. The summed E-state index contributed by atoms with van der Waals surface area (Å²) in [5.74, 6) is -1.49. The lowest BCUT2D eigenvalue weighted by Gasteiger charge is -2.26. The number of rotatable bonds is 5. The molecule has 0 unspecified atom stereocenters. The summed E-state index contributed by atoms with van der Waals surface area (Å²) in [7, 11) is -2.56. The molecular formula is C16H21NO7S. The molecule has 0 radical (unpaired) electrons. The van der Waals surface area contributed by atoms with E-state index in [9.17, 15) is 18.0 Å². The topological polar surface area (TPSA) is 99.2 Å². The molecule has 1 atom stereocenters. The highest BCUT2D eigenvalue weighted by Gasteiger charge is 2.29. The van der Waals surface area contributed by atoms with Crippen LogP contribution < -0.4 is 0 Å². The van der Waals surface area contributed by atoms with Gasteiger partial charge in [0, 0.05) is 13.1 Å². The Morgan fingerprint density at radius 2 is 1.88 bits per heavy atom. The number of carbonyl (C=O) groups excluding carboxylic acids is 2. The average Bonchev–Trinajstić information content (AvgIpc) is 2.61. The van der Waals surface area contributed by atoms with Gasteiger partial charge in [-0.05, 0) is 31.5 Å². The molecule has 1 saturated heterocycles. The number of sulfonamides is 1. The van der Waals surface area contributed by atoms with Crippen LogP contribution in [0, 0.1) is 6.92 Å². The second kappa shape index (κ2) is 7.94. The van der Waals surface area contributed by atoms with Crippen molar-refractivity contribution in [1.29, 1.82) is 0 Å². The minimum atomic E-state index is -3.74. The maximum Gasteiger partial charge on any atom is 0.346 e. The number of esters is 2. The Labute approximate surface area is 146 Å². The van der Waals surface area contributed by atoms with Crippen LogP contribution in [-0.2, 0) is 29.0 Å². The van der Waals surface area contributed by atoms with Gasteiger partial charge in [0.1, 0.15) is 0 Å². The number of carbonyl (C=O) groups is 2. The summed E-state index contributed by atoms with van der Waals surface area (Å²) in [5, 5.41) is 0. The van der Waals surface area contributed by atoms with Crippen molar-refractivity contribution < 1.29 is 32.2 Å². The first-order valence-electron chi connectivity index (χ1n) is 7.74. The largest absolute Gasteiger partial charge is 0.466 e. The van der Waals surface area contributed by atoms with Gasteiger partial charge >= 0.3 is 11.9 Å². The predicted octanol–water partition coefficient (Wildman–Crippen LogP) is 0.734. The highest BCUT2D eigenvalue weighted by atomic mass is 32.2. The third-order valence-electron chi connectivity index (χ3n) is 3.83. The molecule has 1 fully saturated rings. The normalized spacial score (nSPS) is 16.9. The van der Waals surface area contributed by atoms with Crippen molar-refractivity contribution in [2.75, 3.05) is 33.4 Å². The number of hydrogen-bond donors (Lipinski definition) is 0. The van der Waals surface area contributed by atoms with Crippen LogP contribution in [0.5, 0.6) is 0 Å². The van der Waals surface area contributed by atoms with Crippen molar-refractivity contribution in [3.63, 3.8) is 0 Å². The van der Waals surface area contributed by atoms with Crippen LogP contribution >= 0.6 is 0 Å². The van der Waals surface area contributed by atoms with Gasteiger partial charge in [-0.25, -0.2) is 18.0 Å². The van der Waals surface area contributed by atoms with Crippen molar-refractivity contribution in [2.45, 2.75) is 24.8 Å². The number of methoxy groups -OCH3 is 1. The van der Waals surface area contributed by atoms with Crippen LogP contribution in [0.25, 0.3) is 0 Å². The molecule has 1 aromatic carbocycles. The first kappa shape index (κ1) is 19.4. The summed E-state index contributed by atoms with van der Waals surface area (Å²) >= 11 is 0.